The van der Waals surface area contributed by atoms with E-state index in [4.69, 9.17) is 0 Å². The Morgan fingerprint density at radius 3 is 2.06 bits per heavy atom. The van der Waals surface area contributed by atoms with Crippen LogP contribution in [0.3, 0.4) is 0 Å². The van der Waals surface area contributed by atoms with Crippen molar-refractivity contribution < 1.29 is 9.85 Å². The van der Waals surface area contributed by atoms with Crippen LogP contribution in [-0.2, 0) is 6.54 Å². The molecule has 11 heteroatoms. The van der Waals surface area contributed by atoms with Gasteiger partial charge in [-0.1, -0.05) is 27.7 Å². The Morgan fingerprint density at radius 1 is 0.938 bits per heavy atom. The Balaban J connectivity index is 2.34. The zero-order chi connectivity index (χ0) is 23.7. The predicted octanol–water partition coefficient (Wildman–Crippen LogP) is 3.73. The molecule has 0 aliphatic heterocycles. The standard InChI is InChI=1S/C21H35N7O4/c1-5-24(6-2)12-9-11-22-21-18-15-17(27(29)30)16-19(28(31)32)20(18)26(23-21)14-10-13-25(7-3)8-4/h15-16H,5-14H2,1-4H3,(H,22,23). The molecule has 0 aliphatic carbocycles. The highest BCUT2D eigenvalue weighted by Crippen LogP contribution is 2.35. The van der Waals surface area contributed by atoms with Crippen molar-refractivity contribution in [2.75, 3.05) is 51.1 Å². The molecule has 0 amide bonds. The molecule has 178 valence electrons. The lowest BCUT2D eigenvalue weighted by Crippen LogP contribution is -2.25. The van der Waals surface area contributed by atoms with Crippen LogP contribution in [0, 0.1) is 20.2 Å². The second-order valence-corrected chi connectivity index (χ2v) is 7.63. The fourth-order valence-corrected chi connectivity index (χ4v) is 3.85. The van der Waals surface area contributed by atoms with Crippen molar-refractivity contribution in [1.82, 2.24) is 19.6 Å². The third-order valence-corrected chi connectivity index (χ3v) is 5.79. The first-order chi connectivity index (χ1) is 15.4. The molecule has 0 unspecified atom stereocenters. The van der Waals surface area contributed by atoms with Crippen LogP contribution in [0.2, 0.25) is 0 Å². The summed E-state index contributed by atoms with van der Waals surface area (Å²) in [6, 6.07) is 2.40. The molecule has 11 nitrogen and oxygen atoms in total. The van der Waals surface area contributed by atoms with Crippen molar-refractivity contribution in [3.8, 4) is 0 Å². The zero-order valence-electron chi connectivity index (χ0n) is 19.5. The smallest absolute Gasteiger partial charge is 0.302 e. The number of nitro groups is 2. The van der Waals surface area contributed by atoms with Crippen LogP contribution in [0.1, 0.15) is 40.5 Å². The molecule has 0 fully saturated rings. The summed E-state index contributed by atoms with van der Waals surface area (Å²) >= 11 is 0. The summed E-state index contributed by atoms with van der Waals surface area (Å²) in [6.07, 6.45) is 1.64. The summed E-state index contributed by atoms with van der Waals surface area (Å²) in [5.74, 6) is 0.453. The molecule has 1 aromatic carbocycles. The monoisotopic (exact) mass is 449 g/mol. The molecule has 0 spiro atoms. The van der Waals surface area contributed by atoms with Gasteiger partial charge in [0.1, 0.15) is 5.52 Å². The van der Waals surface area contributed by atoms with E-state index in [0.29, 0.717) is 29.8 Å². The van der Waals surface area contributed by atoms with Crippen molar-refractivity contribution in [1.29, 1.82) is 0 Å². The molecule has 0 bridgehead atoms. The predicted molar refractivity (Wildman–Crippen MR) is 126 cm³/mol. The number of aromatic nitrogens is 2. The Hall–Kier alpha value is -2.79. The van der Waals surface area contributed by atoms with Gasteiger partial charge in [-0.3, -0.25) is 24.9 Å². The average Bonchev–Trinajstić information content (AvgIpc) is 3.13. The average molecular weight is 450 g/mol. The van der Waals surface area contributed by atoms with E-state index >= 15 is 0 Å². The summed E-state index contributed by atoms with van der Waals surface area (Å²) < 4.78 is 1.62. The molecule has 2 rings (SSSR count). The van der Waals surface area contributed by atoms with Gasteiger partial charge >= 0.3 is 5.69 Å². The van der Waals surface area contributed by atoms with E-state index in [9.17, 15) is 20.2 Å². The highest BCUT2D eigenvalue weighted by atomic mass is 16.6. The minimum absolute atomic E-state index is 0.291. The second kappa shape index (κ2) is 12.3. The van der Waals surface area contributed by atoms with Gasteiger partial charge in [0.2, 0.25) is 0 Å². The number of hydrogen-bond donors (Lipinski definition) is 1. The molecule has 0 atom stereocenters. The Labute approximate surface area is 188 Å². The Bertz CT molecular complexity index is 907. The van der Waals surface area contributed by atoms with Crippen molar-refractivity contribution in [3.05, 3.63) is 32.4 Å². The van der Waals surface area contributed by atoms with Crippen LogP contribution >= 0.6 is 0 Å². The third-order valence-electron chi connectivity index (χ3n) is 5.79. The van der Waals surface area contributed by atoms with Gasteiger partial charge in [-0.05, 0) is 52.1 Å². The second-order valence-electron chi connectivity index (χ2n) is 7.63. The number of nitrogens with zero attached hydrogens (tertiary/aromatic N) is 6. The number of nitrogens with one attached hydrogen (secondary N) is 1. The van der Waals surface area contributed by atoms with Crippen LogP contribution in [0.25, 0.3) is 10.9 Å². The molecule has 2 aromatic rings. The van der Waals surface area contributed by atoms with E-state index in [1.54, 1.807) is 4.68 Å². The largest absolute Gasteiger partial charge is 0.368 e. The minimum Gasteiger partial charge on any atom is -0.368 e. The number of fused-ring (bicyclic) bond motifs is 1. The third kappa shape index (κ3) is 6.36. The van der Waals surface area contributed by atoms with E-state index in [1.807, 2.05) is 0 Å². The van der Waals surface area contributed by atoms with E-state index in [1.165, 1.54) is 6.07 Å². The maximum absolute atomic E-state index is 11.7. The zero-order valence-corrected chi connectivity index (χ0v) is 19.5. The van der Waals surface area contributed by atoms with Crippen molar-refractivity contribution in [2.45, 2.75) is 47.1 Å². The van der Waals surface area contributed by atoms with Gasteiger partial charge in [0.25, 0.3) is 5.69 Å². The maximum atomic E-state index is 11.7. The van der Waals surface area contributed by atoms with E-state index in [0.717, 1.165) is 58.2 Å². The lowest BCUT2D eigenvalue weighted by Gasteiger charge is -2.17. The van der Waals surface area contributed by atoms with Crippen LogP contribution in [0.4, 0.5) is 17.2 Å². The molecular weight excluding hydrogens is 414 g/mol. The van der Waals surface area contributed by atoms with E-state index in [-0.39, 0.29) is 11.4 Å². The van der Waals surface area contributed by atoms with Gasteiger partial charge in [-0.25, -0.2) is 0 Å². The van der Waals surface area contributed by atoms with E-state index < -0.39 is 9.85 Å². The number of benzene rings is 1. The fourth-order valence-electron chi connectivity index (χ4n) is 3.85. The number of rotatable bonds is 15. The SMILES string of the molecule is CCN(CC)CCCNc1nn(CCCN(CC)CC)c2c([N+](=O)[O-])cc([N+](=O)[O-])cc12. The molecule has 0 saturated heterocycles. The highest BCUT2D eigenvalue weighted by molar-refractivity contribution is 5.98. The Morgan fingerprint density at radius 2 is 1.53 bits per heavy atom. The topological polar surface area (TPSA) is 123 Å². The summed E-state index contributed by atoms with van der Waals surface area (Å²) in [4.78, 5) is 26.5. The van der Waals surface area contributed by atoms with Gasteiger partial charge < -0.3 is 15.1 Å². The van der Waals surface area contributed by atoms with Crippen LogP contribution < -0.4 is 5.32 Å². The van der Waals surface area contributed by atoms with Crippen LogP contribution in [0.15, 0.2) is 12.1 Å². The molecule has 0 saturated carbocycles. The number of aryl methyl sites for hydroxylation is 1. The molecular formula is C21H35N7O4. The first-order valence-corrected chi connectivity index (χ1v) is 11.4. The molecule has 1 N–H and O–H groups in total. The summed E-state index contributed by atoms with van der Waals surface area (Å²) in [7, 11) is 0. The number of anilines is 1. The first-order valence-electron chi connectivity index (χ1n) is 11.4. The van der Waals surface area contributed by atoms with Gasteiger partial charge in [-0.2, -0.15) is 5.10 Å². The van der Waals surface area contributed by atoms with Crippen molar-refractivity contribution >= 4 is 28.1 Å². The lowest BCUT2D eigenvalue weighted by atomic mass is 10.2. The van der Waals surface area contributed by atoms with E-state index in [2.05, 4.69) is 47.9 Å². The Kier molecular flexibility index (Phi) is 9.79. The normalized spacial score (nSPS) is 11.6. The number of hydrogen-bond acceptors (Lipinski definition) is 8. The number of non-ortho nitro benzene ring substituents is 2. The van der Waals surface area contributed by atoms with Crippen LogP contribution in [0.5, 0.6) is 0 Å². The highest BCUT2D eigenvalue weighted by Gasteiger charge is 2.26. The quantitative estimate of drug-likeness (QED) is 0.248. The summed E-state index contributed by atoms with van der Waals surface area (Å²) in [6.45, 7) is 15.1. The molecule has 0 radical (unpaired) electrons. The summed E-state index contributed by atoms with van der Waals surface area (Å²) in [5, 5.41) is 31.4. The maximum Gasteiger partial charge on any atom is 0.302 e. The molecule has 0 aliphatic rings. The number of nitro benzene ring substituents is 2. The van der Waals surface area contributed by atoms with Gasteiger partial charge in [0.05, 0.1) is 21.3 Å². The molecule has 1 heterocycles. The van der Waals surface area contributed by atoms with Crippen molar-refractivity contribution in [3.63, 3.8) is 0 Å². The summed E-state index contributed by atoms with van der Waals surface area (Å²) in [5.41, 5.74) is -0.273. The van der Waals surface area contributed by atoms with Gasteiger partial charge in [0.15, 0.2) is 5.82 Å². The van der Waals surface area contributed by atoms with Gasteiger partial charge in [-0.15, -0.1) is 0 Å². The first kappa shape index (κ1) is 25.5. The van der Waals surface area contributed by atoms with Crippen LogP contribution in [-0.4, -0.2) is 75.2 Å². The lowest BCUT2D eigenvalue weighted by molar-refractivity contribution is -0.393. The fraction of sp³-hybridized carbons (Fsp3) is 0.667. The molecule has 32 heavy (non-hydrogen) atoms. The molecule has 1 aromatic heterocycles. The van der Waals surface area contributed by atoms with Gasteiger partial charge in [0, 0.05) is 19.2 Å². The van der Waals surface area contributed by atoms with Crippen molar-refractivity contribution in [2.24, 2.45) is 0 Å². The minimum atomic E-state index is -0.603.